The van der Waals surface area contributed by atoms with E-state index in [4.69, 9.17) is 15.0 Å². The van der Waals surface area contributed by atoms with Crippen LogP contribution in [0.5, 0.6) is 0 Å². The number of rotatable bonds is 5. The third-order valence-electron chi connectivity index (χ3n) is 5.90. The first-order chi connectivity index (χ1) is 16.2. The van der Waals surface area contributed by atoms with Gasteiger partial charge in [-0.15, -0.1) is 0 Å². The van der Waals surface area contributed by atoms with Gasteiger partial charge < -0.3 is 10.0 Å². The molecule has 33 heavy (non-hydrogen) atoms. The Hall–Kier alpha value is -3.87. The van der Waals surface area contributed by atoms with Gasteiger partial charge in [0.1, 0.15) is 5.82 Å². The van der Waals surface area contributed by atoms with Gasteiger partial charge >= 0.3 is 7.12 Å². The summed E-state index contributed by atoms with van der Waals surface area (Å²) < 4.78 is 0. The van der Waals surface area contributed by atoms with Crippen molar-refractivity contribution >= 4 is 12.7 Å². The lowest BCUT2D eigenvalue weighted by atomic mass is 9.53. The van der Waals surface area contributed by atoms with E-state index in [1.165, 1.54) is 0 Å². The predicted molar refractivity (Wildman–Crippen MR) is 131 cm³/mol. The van der Waals surface area contributed by atoms with Crippen LogP contribution in [0, 0.1) is 0 Å². The minimum Gasteiger partial charge on any atom is -0.426 e. The van der Waals surface area contributed by atoms with Crippen molar-refractivity contribution in [2.45, 2.75) is 11.7 Å². The van der Waals surface area contributed by atoms with E-state index < -0.39 is 12.4 Å². The molecule has 6 heteroatoms. The largest absolute Gasteiger partial charge is 0.470 e. The number of aromatic nitrogens is 3. The zero-order chi connectivity index (χ0) is 22.7. The molecule has 5 nitrogen and oxygen atoms in total. The Morgan fingerprint density at radius 2 is 1.12 bits per heavy atom. The second-order valence-corrected chi connectivity index (χ2v) is 8.05. The monoisotopic (exact) mass is 431 g/mol. The maximum absolute atomic E-state index is 10.6. The molecule has 1 unspecified atom stereocenters. The Labute approximate surface area is 193 Å². The first kappa shape index (κ1) is 21.0. The van der Waals surface area contributed by atoms with E-state index in [0.717, 1.165) is 22.3 Å². The van der Waals surface area contributed by atoms with Crippen LogP contribution < -0.4 is 0 Å². The van der Waals surface area contributed by atoms with Gasteiger partial charge in [0.05, 0.1) is 5.31 Å². The second kappa shape index (κ2) is 8.94. The summed E-state index contributed by atoms with van der Waals surface area (Å²) in [6, 6.07) is 29.2. The molecule has 0 saturated heterocycles. The maximum atomic E-state index is 10.6. The smallest absolute Gasteiger partial charge is 0.426 e. The Morgan fingerprint density at radius 1 is 0.636 bits per heavy atom. The zero-order valence-electron chi connectivity index (χ0n) is 17.9. The SMILES string of the molecule is OB(O)C1(c2nc(-c3ccccc3)nc(-c3ccccc3)n2)C=CC=C(c2ccccc2)C1. The van der Waals surface area contributed by atoms with Crippen LogP contribution in [0.1, 0.15) is 17.8 Å². The summed E-state index contributed by atoms with van der Waals surface area (Å²) in [6.07, 6.45) is 5.97. The Balaban J connectivity index is 1.68. The molecule has 4 aromatic rings. The minimum absolute atomic E-state index is 0.322. The molecule has 2 N–H and O–H groups in total. The molecule has 1 heterocycles. The van der Waals surface area contributed by atoms with Gasteiger partial charge in [0, 0.05) is 11.1 Å². The molecule has 1 aliphatic rings. The van der Waals surface area contributed by atoms with Crippen molar-refractivity contribution in [1.82, 2.24) is 15.0 Å². The molecule has 0 saturated carbocycles. The molecule has 3 aromatic carbocycles. The van der Waals surface area contributed by atoms with Crippen molar-refractivity contribution < 1.29 is 10.0 Å². The summed E-state index contributed by atoms with van der Waals surface area (Å²) in [5.41, 5.74) is 3.67. The standard InChI is InChI=1S/C27H22BN3O2/c32-28(33)27(18-10-17-23(19-27)20-11-4-1-5-12-20)26-30-24(21-13-6-2-7-14-21)29-25(31-26)22-15-8-3-9-16-22/h1-18,32-33H,19H2. The highest BCUT2D eigenvalue weighted by Gasteiger charge is 2.46. The molecular weight excluding hydrogens is 409 g/mol. The fourth-order valence-corrected chi connectivity index (χ4v) is 4.08. The van der Waals surface area contributed by atoms with E-state index >= 15 is 0 Å². The molecule has 1 aromatic heterocycles. The van der Waals surface area contributed by atoms with Crippen LogP contribution in [0.15, 0.2) is 109 Å². The summed E-state index contributed by atoms with van der Waals surface area (Å²) in [4.78, 5) is 14.2. The molecular formula is C27H22BN3O2. The van der Waals surface area contributed by atoms with Gasteiger partial charge in [-0.05, 0) is 17.6 Å². The Morgan fingerprint density at radius 3 is 1.61 bits per heavy atom. The highest BCUT2D eigenvalue weighted by molar-refractivity contribution is 6.46. The van der Waals surface area contributed by atoms with Crippen molar-refractivity contribution in [3.8, 4) is 22.8 Å². The van der Waals surface area contributed by atoms with Gasteiger partial charge in [0.15, 0.2) is 11.6 Å². The first-order valence-electron chi connectivity index (χ1n) is 10.8. The average molecular weight is 431 g/mol. The average Bonchev–Trinajstić information content (AvgIpc) is 2.90. The molecule has 160 valence electrons. The lowest BCUT2D eigenvalue weighted by Crippen LogP contribution is -2.45. The summed E-state index contributed by atoms with van der Waals surface area (Å²) in [5.74, 6) is 1.30. The molecule has 0 fully saturated rings. The highest BCUT2D eigenvalue weighted by atomic mass is 16.4. The predicted octanol–water partition coefficient (Wildman–Crippen LogP) is 4.50. The summed E-state index contributed by atoms with van der Waals surface area (Å²) in [5, 5.41) is 20.1. The molecule has 0 amide bonds. The fraction of sp³-hybridized carbons (Fsp3) is 0.0741. The quantitative estimate of drug-likeness (QED) is 0.455. The van der Waals surface area contributed by atoms with E-state index in [9.17, 15) is 10.0 Å². The van der Waals surface area contributed by atoms with Gasteiger partial charge in [-0.2, -0.15) is 0 Å². The van der Waals surface area contributed by atoms with Crippen LogP contribution in [0.3, 0.4) is 0 Å². The zero-order valence-corrected chi connectivity index (χ0v) is 17.9. The second-order valence-electron chi connectivity index (χ2n) is 8.05. The van der Waals surface area contributed by atoms with Gasteiger partial charge in [-0.25, -0.2) is 15.0 Å². The third kappa shape index (κ3) is 4.14. The van der Waals surface area contributed by atoms with E-state index in [1.54, 1.807) is 6.08 Å². The summed E-state index contributed by atoms with van der Waals surface area (Å²) >= 11 is 0. The van der Waals surface area contributed by atoms with Crippen molar-refractivity contribution in [2.24, 2.45) is 0 Å². The number of hydrogen-bond acceptors (Lipinski definition) is 5. The van der Waals surface area contributed by atoms with Gasteiger partial charge in [-0.3, -0.25) is 0 Å². The number of allylic oxidation sites excluding steroid dienone is 4. The van der Waals surface area contributed by atoms with Gasteiger partial charge in [-0.1, -0.05) is 109 Å². The van der Waals surface area contributed by atoms with Crippen LogP contribution in [0.25, 0.3) is 28.3 Å². The molecule has 0 radical (unpaired) electrons. The van der Waals surface area contributed by atoms with Crippen LogP contribution >= 0.6 is 0 Å². The number of nitrogens with zero attached hydrogens (tertiary/aromatic N) is 3. The highest BCUT2D eigenvalue weighted by Crippen LogP contribution is 2.39. The molecule has 0 spiro atoms. The van der Waals surface area contributed by atoms with E-state index in [-0.39, 0.29) is 0 Å². The summed E-state index contributed by atoms with van der Waals surface area (Å²) in [7, 11) is -1.70. The van der Waals surface area contributed by atoms with Gasteiger partial charge in [0.2, 0.25) is 0 Å². The third-order valence-corrected chi connectivity index (χ3v) is 5.90. The van der Waals surface area contributed by atoms with Crippen LogP contribution in [-0.2, 0) is 5.31 Å². The first-order valence-corrected chi connectivity index (χ1v) is 10.8. The maximum Gasteiger partial charge on any atom is 0.470 e. The van der Waals surface area contributed by atoms with Crippen molar-refractivity contribution in [3.05, 3.63) is 121 Å². The number of benzene rings is 3. The molecule has 1 aliphatic carbocycles. The normalized spacial score (nSPS) is 17.5. The van der Waals surface area contributed by atoms with E-state index in [0.29, 0.717) is 23.9 Å². The van der Waals surface area contributed by atoms with Crippen molar-refractivity contribution in [3.63, 3.8) is 0 Å². The van der Waals surface area contributed by atoms with Crippen LogP contribution in [0.4, 0.5) is 0 Å². The van der Waals surface area contributed by atoms with Crippen molar-refractivity contribution in [1.29, 1.82) is 0 Å². The molecule has 0 bridgehead atoms. The molecule has 5 rings (SSSR count). The summed E-state index contributed by atoms with van der Waals surface area (Å²) in [6.45, 7) is 0. The van der Waals surface area contributed by atoms with E-state index in [2.05, 4.69) is 0 Å². The van der Waals surface area contributed by atoms with Crippen LogP contribution in [-0.4, -0.2) is 32.1 Å². The molecule has 0 aliphatic heterocycles. The Kier molecular flexibility index (Phi) is 5.69. The topological polar surface area (TPSA) is 79.1 Å². The fourth-order valence-electron chi connectivity index (χ4n) is 4.08. The lowest BCUT2D eigenvalue weighted by Gasteiger charge is -2.32. The van der Waals surface area contributed by atoms with Gasteiger partial charge in [0.25, 0.3) is 0 Å². The minimum atomic E-state index is -1.70. The van der Waals surface area contributed by atoms with Crippen molar-refractivity contribution in [2.75, 3.05) is 0 Å². The van der Waals surface area contributed by atoms with Crippen LogP contribution in [0.2, 0.25) is 0 Å². The molecule has 1 atom stereocenters. The number of hydrogen-bond donors (Lipinski definition) is 2. The lowest BCUT2D eigenvalue weighted by molar-refractivity contribution is 0.359. The van der Waals surface area contributed by atoms with E-state index in [1.807, 2.05) is 103 Å². The Bertz CT molecular complexity index is 1250.